The summed E-state index contributed by atoms with van der Waals surface area (Å²) in [7, 11) is 0. The van der Waals surface area contributed by atoms with Crippen molar-refractivity contribution in [1.82, 2.24) is 19.9 Å². The summed E-state index contributed by atoms with van der Waals surface area (Å²) in [6.07, 6.45) is 3.26. The fraction of sp³-hybridized carbons (Fsp3) is 0.500. The quantitative estimate of drug-likeness (QED) is 0.898. The number of rotatable bonds is 3. The second kappa shape index (κ2) is 4.66. The van der Waals surface area contributed by atoms with Crippen LogP contribution in [0, 0.1) is 0 Å². The van der Waals surface area contributed by atoms with E-state index in [4.69, 9.17) is 0 Å². The van der Waals surface area contributed by atoms with Gasteiger partial charge < -0.3 is 5.32 Å². The summed E-state index contributed by atoms with van der Waals surface area (Å²) < 4.78 is 2.04. The average Bonchev–Trinajstić information content (AvgIpc) is 2.93. The fourth-order valence-electron chi connectivity index (χ4n) is 2.21. The molecule has 0 radical (unpaired) electrons. The van der Waals surface area contributed by atoms with Gasteiger partial charge in [0.1, 0.15) is 0 Å². The van der Waals surface area contributed by atoms with E-state index in [9.17, 15) is 0 Å². The number of aromatic nitrogens is 3. The minimum absolute atomic E-state index is 0.617. The van der Waals surface area contributed by atoms with Crippen LogP contribution in [0.2, 0.25) is 0 Å². The Balaban J connectivity index is 1.69. The van der Waals surface area contributed by atoms with Gasteiger partial charge in [-0.15, -0.1) is 10.2 Å². The van der Waals surface area contributed by atoms with Crippen molar-refractivity contribution in [2.45, 2.75) is 31.2 Å². The monoisotopic (exact) mass is 248 g/mol. The molecule has 2 unspecified atom stereocenters. The number of hydrogen-bond donors (Lipinski definition) is 1. The second-order valence-electron chi connectivity index (χ2n) is 4.50. The summed E-state index contributed by atoms with van der Waals surface area (Å²) in [4.78, 5) is 0. The molecule has 0 bridgehead atoms. The van der Waals surface area contributed by atoms with E-state index >= 15 is 0 Å². The van der Waals surface area contributed by atoms with Gasteiger partial charge in [0.05, 0.1) is 6.54 Å². The van der Waals surface area contributed by atoms with Crippen LogP contribution in [0.3, 0.4) is 0 Å². The predicted molar refractivity (Wildman–Crippen MR) is 70.2 cm³/mol. The van der Waals surface area contributed by atoms with Crippen molar-refractivity contribution in [3.8, 4) is 0 Å². The first kappa shape index (κ1) is 11.0. The smallest absolute Gasteiger partial charge is 0.160 e. The van der Waals surface area contributed by atoms with Crippen LogP contribution in [0.4, 0.5) is 0 Å². The van der Waals surface area contributed by atoms with E-state index in [1.807, 2.05) is 40.6 Å². The molecular weight excluding hydrogens is 232 g/mol. The third-order valence-electron chi connectivity index (χ3n) is 3.13. The Bertz CT molecular complexity index is 510. The summed E-state index contributed by atoms with van der Waals surface area (Å²) in [5, 5.41) is 12.7. The molecule has 1 saturated heterocycles. The van der Waals surface area contributed by atoms with Gasteiger partial charge in [-0.25, -0.2) is 0 Å². The molecule has 2 aromatic rings. The van der Waals surface area contributed by atoms with Crippen LogP contribution < -0.4 is 5.32 Å². The molecule has 1 aliphatic rings. The number of pyridine rings is 1. The predicted octanol–water partition coefficient (Wildman–Crippen LogP) is 1.71. The van der Waals surface area contributed by atoms with E-state index in [1.165, 1.54) is 12.2 Å². The van der Waals surface area contributed by atoms with Crippen molar-refractivity contribution in [2.24, 2.45) is 0 Å². The normalized spacial score (nSPS) is 24.5. The number of fused-ring (bicyclic) bond motifs is 1. The lowest BCUT2D eigenvalue weighted by molar-refractivity contribution is 0.525. The highest BCUT2D eigenvalue weighted by Crippen LogP contribution is 2.25. The summed E-state index contributed by atoms with van der Waals surface area (Å²) in [6.45, 7) is 3.09. The highest BCUT2D eigenvalue weighted by atomic mass is 32.2. The Morgan fingerprint density at radius 1 is 1.47 bits per heavy atom. The SMILES string of the molecule is CC1CC(NCc2nnc3ccccn23)CS1. The first-order valence-electron chi connectivity index (χ1n) is 5.96. The van der Waals surface area contributed by atoms with Crippen molar-refractivity contribution in [3.05, 3.63) is 30.2 Å². The van der Waals surface area contributed by atoms with Crippen LogP contribution in [0.1, 0.15) is 19.2 Å². The summed E-state index contributed by atoms with van der Waals surface area (Å²) in [5.41, 5.74) is 0.915. The Morgan fingerprint density at radius 3 is 3.24 bits per heavy atom. The Morgan fingerprint density at radius 2 is 2.41 bits per heavy atom. The van der Waals surface area contributed by atoms with Crippen molar-refractivity contribution in [3.63, 3.8) is 0 Å². The van der Waals surface area contributed by atoms with Crippen LogP contribution in [0.5, 0.6) is 0 Å². The minimum Gasteiger partial charge on any atom is -0.306 e. The summed E-state index contributed by atoms with van der Waals surface area (Å²) in [6, 6.07) is 6.58. The molecule has 1 fully saturated rings. The van der Waals surface area contributed by atoms with E-state index in [2.05, 4.69) is 22.4 Å². The van der Waals surface area contributed by atoms with Crippen molar-refractivity contribution in [1.29, 1.82) is 0 Å². The lowest BCUT2D eigenvalue weighted by Gasteiger charge is -2.10. The highest BCUT2D eigenvalue weighted by Gasteiger charge is 2.21. The minimum atomic E-state index is 0.617. The maximum atomic E-state index is 4.22. The zero-order valence-corrected chi connectivity index (χ0v) is 10.7. The molecular formula is C12H16N4S. The van der Waals surface area contributed by atoms with Gasteiger partial charge >= 0.3 is 0 Å². The lowest BCUT2D eigenvalue weighted by Crippen LogP contribution is -2.29. The average molecular weight is 248 g/mol. The van der Waals surface area contributed by atoms with Crippen LogP contribution in [-0.2, 0) is 6.54 Å². The third kappa shape index (κ3) is 2.30. The van der Waals surface area contributed by atoms with Crippen LogP contribution >= 0.6 is 11.8 Å². The maximum absolute atomic E-state index is 4.22. The number of nitrogens with one attached hydrogen (secondary N) is 1. The van der Waals surface area contributed by atoms with E-state index in [-0.39, 0.29) is 0 Å². The molecule has 5 heteroatoms. The molecule has 4 nitrogen and oxygen atoms in total. The zero-order valence-electron chi connectivity index (χ0n) is 9.84. The number of hydrogen-bond acceptors (Lipinski definition) is 4. The first-order valence-corrected chi connectivity index (χ1v) is 7.01. The Labute approximate surface area is 105 Å². The molecule has 17 heavy (non-hydrogen) atoms. The van der Waals surface area contributed by atoms with Gasteiger partial charge in [-0.3, -0.25) is 4.40 Å². The van der Waals surface area contributed by atoms with Gasteiger partial charge in [0, 0.05) is 23.2 Å². The van der Waals surface area contributed by atoms with Crippen molar-refractivity contribution < 1.29 is 0 Å². The maximum Gasteiger partial charge on any atom is 0.160 e. The first-order chi connectivity index (χ1) is 8.33. The van der Waals surface area contributed by atoms with E-state index in [0.29, 0.717) is 6.04 Å². The molecule has 0 spiro atoms. The molecule has 0 amide bonds. The lowest BCUT2D eigenvalue weighted by atomic mass is 10.2. The molecule has 1 N–H and O–H groups in total. The van der Waals surface area contributed by atoms with Gasteiger partial charge in [0.15, 0.2) is 11.5 Å². The second-order valence-corrected chi connectivity index (χ2v) is 5.97. The molecule has 3 rings (SSSR count). The molecule has 1 aliphatic heterocycles. The van der Waals surface area contributed by atoms with Crippen LogP contribution in [-0.4, -0.2) is 31.6 Å². The number of nitrogens with zero attached hydrogens (tertiary/aromatic N) is 3. The zero-order chi connectivity index (χ0) is 11.7. The molecule has 0 aliphatic carbocycles. The van der Waals surface area contributed by atoms with Crippen LogP contribution in [0.15, 0.2) is 24.4 Å². The van der Waals surface area contributed by atoms with Crippen LogP contribution in [0.25, 0.3) is 5.65 Å². The molecule has 3 heterocycles. The van der Waals surface area contributed by atoms with Gasteiger partial charge in [-0.2, -0.15) is 11.8 Å². The molecule has 0 saturated carbocycles. The van der Waals surface area contributed by atoms with Gasteiger partial charge in [0.2, 0.25) is 0 Å². The topological polar surface area (TPSA) is 42.2 Å². The van der Waals surface area contributed by atoms with Gasteiger partial charge in [-0.1, -0.05) is 13.0 Å². The van der Waals surface area contributed by atoms with Crippen molar-refractivity contribution in [2.75, 3.05) is 5.75 Å². The fourth-order valence-corrected chi connectivity index (χ4v) is 3.39. The van der Waals surface area contributed by atoms with Gasteiger partial charge in [-0.05, 0) is 18.6 Å². The third-order valence-corrected chi connectivity index (χ3v) is 4.49. The van der Waals surface area contributed by atoms with E-state index < -0.39 is 0 Å². The van der Waals surface area contributed by atoms with Crippen molar-refractivity contribution >= 4 is 17.4 Å². The van der Waals surface area contributed by atoms with E-state index in [1.54, 1.807) is 0 Å². The van der Waals surface area contributed by atoms with Gasteiger partial charge in [0.25, 0.3) is 0 Å². The van der Waals surface area contributed by atoms with E-state index in [0.717, 1.165) is 23.3 Å². The Kier molecular flexibility index (Phi) is 3.03. The standard InChI is InChI=1S/C12H16N4S/c1-9-6-10(8-17-9)13-7-12-15-14-11-4-2-3-5-16(11)12/h2-5,9-10,13H,6-8H2,1H3. The summed E-state index contributed by atoms with van der Waals surface area (Å²) in [5.74, 6) is 2.20. The molecule has 90 valence electrons. The molecule has 2 aromatic heterocycles. The largest absolute Gasteiger partial charge is 0.306 e. The Hall–Kier alpha value is -1.07. The molecule has 0 aromatic carbocycles. The number of thioether (sulfide) groups is 1. The molecule has 2 atom stereocenters. The summed E-state index contributed by atoms with van der Waals surface area (Å²) >= 11 is 2.04. The highest BCUT2D eigenvalue weighted by molar-refractivity contribution is 8.00.